The van der Waals surface area contributed by atoms with Gasteiger partial charge in [0.15, 0.2) is 0 Å². The minimum absolute atomic E-state index is 0.0251. The Hall–Kier alpha value is -2.34. The zero-order chi connectivity index (χ0) is 19.6. The fourth-order valence-electron chi connectivity index (χ4n) is 3.19. The molecule has 1 aliphatic heterocycles. The molecule has 2 rings (SSSR count). The number of aliphatic hydroxyl groups is 1. The molecule has 1 saturated heterocycles. The van der Waals surface area contributed by atoms with Crippen molar-refractivity contribution in [2.75, 3.05) is 6.54 Å². The van der Waals surface area contributed by atoms with Gasteiger partial charge in [-0.1, -0.05) is 24.3 Å². The molecule has 0 aliphatic carbocycles. The van der Waals surface area contributed by atoms with E-state index in [1.165, 1.54) is 0 Å². The number of aliphatic hydroxyl groups excluding tert-OH is 1. The molecule has 0 spiro atoms. The predicted molar refractivity (Wildman–Crippen MR) is 102 cm³/mol. The van der Waals surface area contributed by atoms with Crippen molar-refractivity contribution in [1.82, 2.24) is 4.90 Å². The first-order valence-electron chi connectivity index (χ1n) is 9.52. The van der Waals surface area contributed by atoms with Gasteiger partial charge in [-0.3, -0.25) is 9.59 Å². The van der Waals surface area contributed by atoms with Gasteiger partial charge in [0.1, 0.15) is 5.76 Å². The van der Waals surface area contributed by atoms with E-state index in [2.05, 4.69) is 0 Å². The van der Waals surface area contributed by atoms with E-state index in [-0.39, 0.29) is 18.4 Å². The second-order valence-corrected chi connectivity index (χ2v) is 7.01. The third-order valence-corrected chi connectivity index (χ3v) is 4.59. The number of carbonyl (C=O) groups is 2. The summed E-state index contributed by atoms with van der Waals surface area (Å²) in [6.45, 7) is 2.45. The molecule has 1 amide bonds. The van der Waals surface area contributed by atoms with Crippen molar-refractivity contribution in [3.05, 3.63) is 48.0 Å². The topological polar surface area (TPSA) is 91.0 Å². The van der Waals surface area contributed by atoms with Gasteiger partial charge in [-0.05, 0) is 44.2 Å². The fraction of sp³-hybridized carbons (Fsp3) is 0.524. The van der Waals surface area contributed by atoms with E-state index < -0.39 is 12.1 Å². The highest BCUT2D eigenvalue weighted by molar-refractivity contribution is 5.77. The second kappa shape index (κ2) is 10.7. The molecule has 0 saturated carbocycles. The highest BCUT2D eigenvalue weighted by Gasteiger charge is 2.25. The van der Waals surface area contributed by atoms with Crippen LogP contribution in [0.2, 0.25) is 0 Å². The Morgan fingerprint density at radius 1 is 1.44 bits per heavy atom. The minimum atomic E-state index is -0.789. The first-order chi connectivity index (χ1) is 13.0. The standard InChI is InChI=1S/C21H29NO5/c1-16-13-19(27-15-16)14-18(23)11-10-17-7-6-8-20(24)22(17)12-5-3-2-4-9-21(25)26/h3,5,10-11,13,15,17-18,23H,2,4,6-9,12,14H2,1H3,(H,25,26)/t17-,18?/m1/s1. The smallest absolute Gasteiger partial charge is 0.303 e. The molecule has 1 fully saturated rings. The number of allylic oxidation sites excluding steroid dienone is 1. The van der Waals surface area contributed by atoms with Crippen molar-refractivity contribution in [1.29, 1.82) is 0 Å². The van der Waals surface area contributed by atoms with Crippen LogP contribution in [0.5, 0.6) is 0 Å². The summed E-state index contributed by atoms with van der Waals surface area (Å²) >= 11 is 0. The molecule has 0 aromatic carbocycles. The van der Waals surface area contributed by atoms with Gasteiger partial charge < -0.3 is 19.5 Å². The average Bonchev–Trinajstić information content (AvgIpc) is 3.02. The van der Waals surface area contributed by atoms with Crippen LogP contribution in [-0.2, 0) is 16.0 Å². The lowest BCUT2D eigenvalue weighted by molar-refractivity contribution is -0.137. The van der Waals surface area contributed by atoms with E-state index in [0.29, 0.717) is 32.2 Å². The molecule has 1 aromatic rings. The number of furan rings is 1. The van der Waals surface area contributed by atoms with Crippen molar-refractivity contribution in [2.45, 2.75) is 64.0 Å². The third kappa shape index (κ3) is 7.43. The van der Waals surface area contributed by atoms with Gasteiger partial charge in [0, 0.05) is 25.8 Å². The Bertz CT molecular complexity index is 676. The van der Waals surface area contributed by atoms with E-state index in [1.807, 2.05) is 36.1 Å². The molecular formula is C21H29NO5. The minimum Gasteiger partial charge on any atom is -0.481 e. The number of amides is 1. The maximum Gasteiger partial charge on any atom is 0.303 e. The van der Waals surface area contributed by atoms with Gasteiger partial charge in [0.05, 0.1) is 18.4 Å². The van der Waals surface area contributed by atoms with Gasteiger partial charge in [-0.2, -0.15) is 0 Å². The van der Waals surface area contributed by atoms with Gasteiger partial charge in [-0.15, -0.1) is 0 Å². The van der Waals surface area contributed by atoms with Crippen molar-refractivity contribution in [3.8, 4) is 0 Å². The zero-order valence-corrected chi connectivity index (χ0v) is 15.8. The van der Waals surface area contributed by atoms with Crippen LogP contribution >= 0.6 is 0 Å². The second-order valence-electron chi connectivity index (χ2n) is 7.01. The lowest BCUT2D eigenvalue weighted by Gasteiger charge is -2.33. The molecule has 27 heavy (non-hydrogen) atoms. The van der Waals surface area contributed by atoms with Gasteiger partial charge in [0.25, 0.3) is 0 Å². The summed E-state index contributed by atoms with van der Waals surface area (Å²) in [4.78, 5) is 24.6. The number of carboxylic acid groups (broad SMARTS) is 1. The Kier molecular flexibility index (Phi) is 8.33. The van der Waals surface area contributed by atoms with Crippen LogP contribution < -0.4 is 0 Å². The molecule has 148 valence electrons. The first-order valence-corrected chi connectivity index (χ1v) is 9.52. The van der Waals surface area contributed by atoms with Gasteiger partial charge in [-0.25, -0.2) is 0 Å². The van der Waals surface area contributed by atoms with Crippen molar-refractivity contribution < 1.29 is 24.2 Å². The predicted octanol–water partition coefficient (Wildman–Crippen LogP) is 3.24. The SMILES string of the molecule is Cc1coc(CC(O)C=C[C@H]2CCCC(=O)N2CC=CCCCC(=O)O)c1. The third-order valence-electron chi connectivity index (χ3n) is 4.59. The molecule has 1 aromatic heterocycles. The van der Waals surface area contributed by atoms with E-state index in [1.54, 1.807) is 12.3 Å². The first kappa shape index (κ1) is 21.0. The number of carbonyl (C=O) groups excluding carboxylic acids is 1. The fourth-order valence-corrected chi connectivity index (χ4v) is 3.19. The van der Waals surface area contributed by atoms with Crippen molar-refractivity contribution in [2.24, 2.45) is 0 Å². The summed E-state index contributed by atoms with van der Waals surface area (Å²) in [6, 6.07) is 1.88. The van der Waals surface area contributed by atoms with Crippen LogP contribution in [0.1, 0.15) is 49.8 Å². The van der Waals surface area contributed by atoms with E-state index >= 15 is 0 Å². The van der Waals surface area contributed by atoms with E-state index in [0.717, 1.165) is 24.2 Å². The Morgan fingerprint density at radius 2 is 2.26 bits per heavy atom. The van der Waals surface area contributed by atoms with Gasteiger partial charge in [0.2, 0.25) is 5.91 Å². The van der Waals surface area contributed by atoms with Crippen LogP contribution in [0.3, 0.4) is 0 Å². The largest absolute Gasteiger partial charge is 0.481 e. The number of hydrogen-bond donors (Lipinski definition) is 2. The van der Waals surface area contributed by atoms with Gasteiger partial charge >= 0.3 is 5.97 Å². The molecule has 0 radical (unpaired) electrons. The lowest BCUT2D eigenvalue weighted by Crippen LogP contribution is -2.42. The monoisotopic (exact) mass is 375 g/mol. The quantitative estimate of drug-likeness (QED) is 0.484. The number of aryl methyl sites for hydroxylation is 1. The van der Waals surface area contributed by atoms with Crippen LogP contribution in [0.25, 0.3) is 0 Å². The molecule has 6 nitrogen and oxygen atoms in total. The number of likely N-dealkylation sites (tertiary alicyclic amines) is 1. The Labute approximate surface area is 160 Å². The van der Waals surface area contributed by atoms with Crippen LogP contribution in [0.4, 0.5) is 0 Å². The number of hydrogen-bond acceptors (Lipinski definition) is 4. The van der Waals surface area contributed by atoms with Crippen LogP contribution in [0, 0.1) is 6.92 Å². The van der Waals surface area contributed by atoms with Crippen molar-refractivity contribution >= 4 is 11.9 Å². The Morgan fingerprint density at radius 3 is 2.96 bits per heavy atom. The number of rotatable bonds is 10. The average molecular weight is 375 g/mol. The Balaban J connectivity index is 1.85. The highest BCUT2D eigenvalue weighted by atomic mass is 16.4. The highest BCUT2D eigenvalue weighted by Crippen LogP contribution is 2.20. The summed E-state index contributed by atoms with van der Waals surface area (Å²) in [5.74, 6) is 0.0656. The molecular weight excluding hydrogens is 346 g/mol. The molecule has 1 aliphatic rings. The number of carboxylic acids is 1. The molecule has 0 bridgehead atoms. The molecule has 2 atom stereocenters. The molecule has 1 unspecified atom stereocenters. The summed E-state index contributed by atoms with van der Waals surface area (Å²) in [5.41, 5.74) is 1.03. The normalized spacial score (nSPS) is 19.3. The lowest BCUT2D eigenvalue weighted by atomic mass is 10.00. The number of aliphatic carboxylic acids is 1. The van der Waals surface area contributed by atoms with Crippen LogP contribution in [-0.4, -0.2) is 45.7 Å². The van der Waals surface area contributed by atoms with Crippen molar-refractivity contribution in [3.63, 3.8) is 0 Å². The maximum atomic E-state index is 12.3. The summed E-state index contributed by atoms with van der Waals surface area (Å²) in [7, 11) is 0. The number of nitrogens with zero attached hydrogens (tertiary/aromatic N) is 1. The summed E-state index contributed by atoms with van der Waals surface area (Å²) in [6.07, 6.45) is 12.6. The number of piperidine rings is 1. The molecule has 2 N–H and O–H groups in total. The zero-order valence-electron chi connectivity index (χ0n) is 15.8. The molecule has 6 heteroatoms. The van der Waals surface area contributed by atoms with E-state index in [9.17, 15) is 14.7 Å². The number of unbranched alkanes of at least 4 members (excludes halogenated alkanes) is 1. The molecule has 2 heterocycles. The summed E-state index contributed by atoms with van der Waals surface area (Å²) in [5, 5.41) is 18.8. The van der Waals surface area contributed by atoms with E-state index in [4.69, 9.17) is 9.52 Å². The summed E-state index contributed by atoms with van der Waals surface area (Å²) < 4.78 is 5.36. The maximum absolute atomic E-state index is 12.3. The van der Waals surface area contributed by atoms with Crippen LogP contribution in [0.15, 0.2) is 41.1 Å².